The van der Waals surface area contributed by atoms with Crippen molar-refractivity contribution < 1.29 is 14.4 Å². The van der Waals surface area contributed by atoms with Crippen molar-refractivity contribution in [1.29, 1.82) is 0 Å². The third-order valence-corrected chi connectivity index (χ3v) is 3.24. The summed E-state index contributed by atoms with van der Waals surface area (Å²) in [6.45, 7) is 2.16. The van der Waals surface area contributed by atoms with Gasteiger partial charge in [-0.05, 0) is 23.3 Å². The van der Waals surface area contributed by atoms with Gasteiger partial charge in [0.1, 0.15) is 13.0 Å². The average Bonchev–Trinajstić information content (AvgIpc) is 2.57. The number of benzene rings is 2. The predicted molar refractivity (Wildman–Crippen MR) is 91.9 cm³/mol. The number of allylic oxidation sites excluding steroid dienone is 1. The number of rotatable bonds is 6. The Kier molecular flexibility index (Phi) is 6.18. The van der Waals surface area contributed by atoms with Gasteiger partial charge in [0.25, 0.3) is 0 Å². The lowest BCUT2D eigenvalue weighted by atomic mass is 9.98. The van der Waals surface area contributed by atoms with E-state index < -0.39 is 0 Å². The molecule has 0 bridgehead atoms. The Hall–Kier alpha value is -2.81. The highest BCUT2D eigenvalue weighted by atomic mass is 16.6. The largest absolute Gasteiger partial charge is 0.610 e. The average molecular weight is 307 g/mol. The zero-order valence-electron chi connectivity index (χ0n) is 13.5. The van der Waals surface area contributed by atoms with E-state index in [4.69, 9.17) is 4.74 Å². The Bertz CT molecular complexity index is 659. The van der Waals surface area contributed by atoms with Crippen LogP contribution in [0.1, 0.15) is 18.1 Å². The summed E-state index contributed by atoms with van der Waals surface area (Å²) in [5.74, 6) is -0.347. The SMILES string of the molecule is CCO/C([O-])=C/[N+](C)=CC=C(c1ccccc1)c1ccccc1. The van der Waals surface area contributed by atoms with Gasteiger partial charge < -0.3 is 9.84 Å². The highest BCUT2D eigenvalue weighted by Crippen LogP contribution is 2.22. The molecule has 0 heterocycles. The second kappa shape index (κ2) is 8.59. The zero-order chi connectivity index (χ0) is 16.5. The fourth-order valence-electron chi connectivity index (χ4n) is 2.18. The molecule has 0 radical (unpaired) electrons. The fraction of sp³-hybridized carbons (Fsp3) is 0.150. The van der Waals surface area contributed by atoms with Gasteiger partial charge in [-0.25, -0.2) is 4.58 Å². The number of hydrogen-bond donors (Lipinski definition) is 0. The van der Waals surface area contributed by atoms with Gasteiger partial charge in [0.05, 0.1) is 0 Å². The summed E-state index contributed by atoms with van der Waals surface area (Å²) in [6, 6.07) is 20.3. The molecule has 118 valence electrons. The summed E-state index contributed by atoms with van der Waals surface area (Å²) in [6.07, 6.45) is 5.28. The van der Waals surface area contributed by atoms with Gasteiger partial charge in [-0.3, -0.25) is 0 Å². The van der Waals surface area contributed by atoms with E-state index in [1.165, 1.54) is 6.20 Å². The van der Waals surface area contributed by atoms with Gasteiger partial charge in [0, 0.05) is 6.08 Å². The molecule has 0 fully saturated rings. The van der Waals surface area contributed by atoms with E-state index in [2.05, 4.69) is 24.3 Å². The molecule has 0 aliphatic carbocycles. The third-order valence-electron chi connectivity index (χ3n) is 3.24. The molecule has 3 heteroatoms. The second-order valence-corrected chi connectivity index (χ2v) is 5.01. The van der Waals surface area contributed by atoms with Gasteiger partial charge >= 0.3 is 0 Å². The molecule has 0 aromatic heterocycles. The lowest BCUT2D eigenvalue weighted by Gasteiger charge is -2.09. The van der Waals surface area contributed by atoms with Crippen LogP contribution in [0.25, 0.3) is 5.57 Å². The summed E-state index contributed by atoms with van der Waals surface area (Å²) in [7, 11) is 1.81. The van der Waals surface area contributed by atoms with Crippen LogP contribution in [0.15, 0.2) is 78.9 Å². The van der Waals surface area contributed by atoms with Crippen molar-refractivity contribution in [1.82, 2.24) is 0 Å². The molecule has 0 amide bonds. The van der Waals surface area contributed by atoms with Crippen molar-refractivity contribution in [3.63, 3.8) is 0 Å². The minimum atomic E-state index is -0.347. The molecule has 2 aromatic rings. The van der Waals surface area contributed by atoms with Crippen molar-refractivity contribution in [3.05, 3.63) is 90.0 Å². The van der Waals surface area contributed by atoms with Gasteiger partial charge in [0.15, 0.2) is 12.4 Å². The van der Waals surface area contributed by atoms with Gasteiger partial charge in [-0.1, -0.05) is 67.6 Å². The molecular formula is C20H21NO2. The first kappa shape index (κ1) is 16.6. The minimum Gasteiger partial charge on any atom is -0.610 e. The molecule has 3 nitrogen and oxygen atoms in total. The van der Waals surface area contributed by atoms with Crippen molar-refractivity contribution in [2.45, 2.75) is 6.92 Å². The van der Waals surface area contributed by atoms with Crippen molar-refractivity contribution in [2.75, 3.05) is 13.7 Å². The Balaban J connectivity index is 2.37. The number of hydrogen-bond acceptors (Lipinski definition) is 2. The highest BCUT2D eigenvalue weighted by Gasteiger charge is 2.04. The van der Waals surface area contributed by atoms with Crippen LogP contribution < -0.4 is 5.11 Å². The summed E-state index contributed by atoms with van der Waals surface area (Å²) in [5, 5.41) is 11.5. The Morgan fingerprint density at radius 3 is 2.00 bits per heavy atom. The van der Waals surface area contributed by atoms with Gasteiger partial charge in [-0.2, -0.15) is 0 Å². The van der Waals surface area contributed by atoms with Crippen LogP contribution in [0.3, 0.4) is 0 Å². The van der Waals surface area contributed by atoms with E-state index in [-0.39, 0.29) is 5.95 Å². The maximum Gasteiger partial charge on any atom is 0.190 e. The van der Waals surface area contributed by atoms with Gasteiger partial charge in [0.2, 0.25) is 0 Å². The van der Waals surface area contributed by atoms with E-state index in [0.717, 1.165) is 16.7 Å². The van der Waals surface area contributed by atoms with Crippen LogP contribution in [0.5, 0.6) is 0 Å². The second-order valence-electron chi connectivity index (χ2n) is 5.01. The molecule has 2 aromatic carbocycles. The molecule has 0 atom stereocenters. The fourth-order valence-corrected chi connectivity index (χ4v) is 2.18. The monoisotopic (exact) mass is 307 g/mol. The van der Waals surface area contributed by atoms with Crippen molar-refractivity contribution in [2.24, 2.45) is 0 Å². The van der Waals surface area contributed by atoms with Crippen LogP contribution >= 0.6 is 0 Å². The molecule has 0 N–H and O–H groups in total. The van der Waals surface area contributed by atoms with E-state index >= 15 is 0 Å². The normalized spacial score (nSPS) is 11.9. The molecule has 0 spiro atoms. The smallest absolute Gasteiger partial charge is 0.190 e. The summed E-state index contributed by atoms with van der Waals surface area (Å²) in [4.78, 5) is 0. The quantitative estimate of drug-likeness (QED) is 0.467. The molecule has 0 unspecified atom stereocenters. The van der Waals surface area contributed by atoms with Crippen LogP contribution in [0.2, 0.25) is 0 Å². The first-order valence-corrected chi connectivity index (χ1v) is 7.60. The number of ether oxygens (including phenoxy) is 1. The molecule has 23 heavy (non-hydrogen) atoms. The number of nitrogens with zero attached hydrogens (tertiary/aromatic N) is 1. The predicted octanol–water partition coefficient (Wildman–Crippen LogP) is 3.03. The Morgan fingerprint density at radius 1 is 1.00 bits per heavy atom. The van der Waals surface area contributed by atoms with Crippen molar-refractivity contribution in [3.8, 4) is 0 Å². The Morgan fingerprint density at radius 2 is 1.52 bits per heavy atom. The molecule has 2 rings (SSSR count). The third kappa shape index (κ3) is 5.15. The van der Waals surface area contributed by atoms with Crippen LogP contribution in [0, 0.1) is 0 Å². The molecule has 0 aliphatic rings. The minimum absolute atomic E-state index is 0.347. The molecule has 0 aliphatic heterocycles. The maximum atomic E-state index is 11.5. The molecular weight excluding hydrogens is 286 g/mol. The van der Waals surface area contributed by atoms with Crippen LogP contribution in [0.4, 0.5) is 0 Å². The summed E-state index contributed by atoms with van der Waals surface area (Å²) >= 11 is 0. The van der Waals surface area contributed by atoms with Crippen molar-refractivity contribution >= 4 is 11.8 Å². The highest BCUT2D eigenvalue weighted by molar-refractivity contribution is 5.89. The lowest BCUT2D eigenvalue weighted by Crippen LogP contribution is -2.11. The first-order valence-electron chi connectivity index (χ1n) is 7.60. The van der Waals surface area contributed by atoms with E-state index in [1.54, 1.807) is 18.5 Å². The maximum absolute atomic E-state index is 11.5. The standard InChI is InChI=1S/C20H21NO2/c1-3-23-20(22)16-21(2)15-14-19(17-10-6-4-7-11-17)18-12-8-5-9-13-18/h4-16H,3H2,1-2H3/b20-16+,21-15?. The lowest BCUT2D eigenvalue weighted by molar-refractivity contribution is -0.444. The summed E-state index contributed by atoms with van der Waals surface area (Å²) in [5.41, 5.74) is 3.34. The van der Waals surface area contributed by atoms with E-state index in [0.29, 0.717) is 6.61 Å². The van der Waals surface area contributed by atoms with E-state index in [1.807, 2.05) is 48.7 Å². The van der Waals surface area contributed by atoms with Crippen LogP contribution in [-0.2, 0) is 4.74 Å². The van der Waals surface area contributed by atoms with Gasteiger partial charge in [-0.15, -0.1) is 0 Å². The molecule has 0 saturated heterocycles. The van der Waals surface area contributed by atoms with Crippen LogP contribution in [-0.4, -0.2) is 24.4 Å². The molecule has 0 saturated carbocycles. The zero-order valence-corrected chi connectivity index (χ0v) is 13.5. The topological polar surface area (TPSA) is 35.3 Å². The Labute approximate surface area is 137 Å². The van der Waals surface area contributed by atoms with E-state index in [9.17, 15) is 5.11 Å². The summed E-state index contributed by atoms with van der Waals surface area (Å²) < 4.78 is 6.61. The first-order chi connectivity index (χ1) is 11.2.